The molecule has 1 aromatic rings. The summed E-state index contributed by atoms with van der Waals surface area (Å²) in [7, 11) is 1.70. The number of allylic oxidation sites excluding steroid dienone is 1. The smallest absolute Gasteiger partial charge is 0.166 e. The Morgan fingerprint density at radius 1 is 1.24 bits per heavy atom. The summed E-state index contributed by atoms with van der Waals surface area (Å²) in [5, 5.41) is 3.34. The molecule has 0 aliphatic carbocycles. The van der Waals surface area contributed by atoms with E-state index in [1.165, 1.54) is 5.57 Å². The Morgan fingerprint density at radius 3 is 2.71 bits per heavy atom. The molecule has 0 aliphatic heterocycles. The molecule has 0 amide bonds. The second kappa shape index (κ2) is 10.2. The fourth-order valence-corrected chi connectivity index (χ4v) is 1.82. The molecule has 0 radical (unpaired) electrons. The molecule has 1 aromatic carbocycles. The number of rotatable bonds is 10. The fraction of sp³-hybridized carbons (Fsp3) is 0.529. The average Bonchev–Trinajstić information content (AvgIpc) is 2.46. The van der Waals surface area contributed by atoms with Crippen molar-refractivity contribution < 1.29 is 14.2 Å². The summed E-state index contributed by atoms with van der Waals surface area (Å²) in [6, 6.07) is 5.99. The van der Waals surface area contributed by atoms with Gasteiger partial charge in [-0.25, -0.2) is 0 Å². The lowest BCUT2D eigenvalue weighted by atomic mass is 10.2. The van der Waals surface area contributed by atoms with Crippen molar-refractivity contribution in [1.82, 2.24) is 5.32 Å². The Morgan fingerprint density at radius 2 is 2.05 bits per heavy atom. The molecule has 1 rings (SSSR count). The van der Waals surface area contributed by atoms with E-state index < -0.39 is 0 Å². The predicted molar refractivity (Wildman–Crippen MR) is 86.1 cm³/mol. The van der Waals surface area contributed by atoms with E-state index in [0.717, 1.165) is 30.2 Å². The molecule has 0 saturated heterocycles. The van der Waals surface area contributed by atoms with Crippen LogP contribution in [0, 0.1) is 0 Å². The molecular formula is C17H27NO3. The maximum absolute atomic E-state index is 5.92. The topological polar surface area (TPSA) is 39.7 Å². The molecule has 0 aliphatic rings. The zero-order valence-corrected chi connectivity index (χ0v) is 13.6. The Kier molecular flexibility index (Phi) is 8.55. The van der Waals surface area contributed by atoms with Crippen molar-refractivity contribution in [1.29, 1.82) is 0 Å². The molecule has 0 fully saturated rings. The van der Waals surface area contributed by atoms with Crippen LogP contribution in [0.15, 0.2) is 29.8 Å². The van der Waals surface area contributed by atoms with E-state index in [4.69, 9.17) is 14.2 Å². The first kappa shape index (κ1) is 17.5. The maximum Gasteiger partial charge on any atom is 0.166 e. The highest BCUT2D eigenvalue weighted by Gasteiger charge is 2.10. The van der Waals surface area contributed by atoms with Crippen LogP contribution in [0.1, 0.15) is 26.3 Å². The summed E-state index contributed by atoms with van der Waals surface area (Å²) < 4.78 is 16.6. The molecule has 0 atom stereocenters. The van der Waals surface area contributed by atoms with Crippen LogP contribution in [0.2, 0.25) is 0 Å². The molecule has 0 unspecified atom stereocenters. The first-order valence-electron chi connectivity index (χ1n) is 7.39. The second-order valence-corrected chi connectivity index (χ2v) is 4.94. The monoisotopic (exact) mass is 293 g/mol. The lowest BCUT2D eigenvalue weighted by molar-refractivity contribution is 0.199. The Bertz CT molecular complexity index is 440. The summed E-state index contributed by atoms with van der Waals surface area (Å²) >= 11 is 0. The molecule has 21 heavy (non-hydrogen) atoms. The van der Waals surface area contributed by atoms with Gasteiger partial charge in [0.05, 0.1) is 13.2 Å². The SMILES string of the molecule is CCOc1cccc(CNCCOC)c1OCC=C(C)C. The van der Waals surface area contributed by atoms with Crippen LogP contribution in [0.4, 0.5) is 0 Å². The number of hydrogen-bond donors (Lipinski definition) is 1. The van der Waals surface area contributed by atoms with Crippen LogP contribution in [0.25, 0.3) is 0 Å². The van der Waals surface area contributed by atoms with Crippen LogP contribution < -0.4 is 14.8 Å². The molecule has 118 valence electrons. The van der Waals surface area contributed by atoms with Crippen LogP contribution in [-0.4, -0.2) is 33.5 Å². The summed E-state index contributed by atoms with van der Waals surface area (Å²) in [5.41, 5.74) is 2.34. The normalized spacial score (nSPS) is 10.3. The maximum atomic E-state index is 5.92. The third-order valence-corrected chi connectivity index (χ3v) is 2.88. The first-order chi connectivity index (χ1) is 10.2. The number of para-hydroxylation sites is 1. The van der Waals surface area contributed by atoms with Crippen molar-refractivity contribution in [2.45, 2.75) is 27.3 Å². The van der Waals surface area contributed by atoms with Crippen molar-refractivity contribution in [2.75, 3.05) is 33.5 Å². The van der Waals surface area contributed by atoms with Gasteiger partial charge in [0, 0.05) is 25.8 Å². The summed E-state index contributed by atoms with van der Waals surface area (Å²) in [6.45, 7) is 9.51. The van der Waals surface area contributed by atoms with E-state index in [-0.39, 0.29) is 0 Å². The van der Waals surface area contributed by atoms with Gasteiger partial charge < -0.3 is 19.5 Å². The highest BCUT2D eigenvalue weighted by molar-refractivity contribution is 5.46. The minimum Gasteiger partial charge on any atom is -0.490 e. The van der Waals surface area contributed by atoms with Gasteiger partial charge in [0.1, 0.15) is 6.61 Å². The fourth-order valence-electron chi connectivity index (χ4n) is 1.82. The molecule has 0 saturated carbocycles. The van der Waals surface area contributed by atoms with Gasteiger partial charge in [-0.3, -0.25) is 0 Å². The number of benzene rings is 1. The molecule has 4 heteroatoms. The predicted octanol–water partition coefficient (Wildman–Crippen LogP) is 3.17. The minimum absolute atomic E-state index is 0.553. The van der Waals surface area contributed by atoms with E-state index in [2.05, 4.69) is 31.3 Å². The summed E-state index contributed by atoms with van der Waals surface area (Å²) in [4.78, 5) is 0. The van der Waals surface area contributed by atoms with Crippen molar-refractivity contribution in [3.8, 4) is 11.5 Å². The highest BCUT2D eigenvalue weighted by atomic mass is 16.5. The van der Waals surface area contributed by atoms with Gasteiger partial charge in [-0.2, -0.15) is 0 Å². The van der Waals surface area contributed by atoms with E-state index in [1.54, 1.807) is 7.11 Å². The van der Waals surface area contributed by atoms with Crippen LogP contribution in [0.5, 0.6) is 11.5 Å². The van der Waals surface area contributed by atoms with E-state index in [9.17, 15) is 0 Å². The van der Waals surface area contributed by atoms with Gasteiger partial charge in [0.15, 0.2) is 11.5 Å². The minimum atomic E-state index is 0.553. The molecule has 0 aromatic heterocycles. The lowest BCUT2D eigenvalue weighted by Gasteiger charge is -2.15. The zero-order valence-electron chi connectivity index (χ0n) is 13.6. The van der Waals surface area contributed by atoms with Crippen molar-refractivity contribution in [3.63, 3.8) is 0 Å². The van der Waals surface area contributed by atoms with Gasteiger partial charge in [-0.05, 0) is 32.9 Å². The third kappa shape index (κ3) is 6.65. The molecule has 1 N–H and O–H groups in total. The lowest BCUT2D eigenvalue weighted by Crippen LogP contribution is -2.19. The number of hydrogen-bond acceptors (Lipinski definition) is 4. The zero-order chi connectivity index (χ0) is 15.5. The van der Waals surface area contributed by atoms with Crippen molar-refractivity contribution >= 4 is 0 Å². The third-order valence-electron chi connectivity index (χ3n) is 2.88. The van der Waals surface area contributed by atoms with Gasteiger partial charge >= 0.3 is 0 Å². The molecule has 0 heterocycles. The van der Waals surface area contributed by atoms with Crippen LogP contribution in [-0.2, 0) is 11.3 Å². The van der Waals surface area contributed by atoms with Gasteiger partial charge in [-0.15, -0.1) is 0 Å². The van der Waals surface area contributed by atoms with Gasteiger partial charge in [-0.1, -0.05) is 17.7 Å². The van der Waals surface area contributed by atoms with E-state index >= 15 is 0 Å². The van der Waals surface area contributed by atoms with E-state index in [0.29, 0.717) is 19.8 Å². The Labute approximate surface area is 128 Å². The van der Waals surface area contributed by atoms with Crippen LogP contribution in [0.3, 0.4) is 0 Å². The van der Waals surface area contributed by atoms with Crippen molar-refractivity contribution in [3.05, 3.63) is 35.4 Å². The standard InChI is InChI=1S/C17H27NO3/c1-5-20-16-8-6-7-15(13-18-10-12-19-4)17(16)21-11-9-14(2)3/h6-9,18H,5,10-13H2,1-4H3. The number of ether oxygens (including phenoxy) is 3. The second-order valence-electron chi connectivity index (χ2n) is 4.94. The molecule has 0 spiro atoms. The number of methoxy groups -OCH3 is 1. The highest BCUT2D eigenvalue weighted by Crippen LogP contribution is 2.31. The molecular weight excluding hydrogens is 266 g/mol. The quantitative estimate of drug-likeness (QED) is 0.531. The first-order valence-corrected chi connectivity index (χ1v) is 7.39. The Hall–Kier alpha value is -1.52. The summed E-state index contributed by atoms with van der Waals surface area (Å²) in [5.74, 6) is 1.62. The van der Waals surface area contributed by atoms with Crippen LogP contribution >= 0.6 is 0 Å². The summed E-state index contributed by atoms with van der Waals surface area (Å²) in [6.07, 6.45) is 2.06. The van der Waals surface area contributed by atoms with Gasteiger partial charge in [0.2, 0.25) is 0 Å². The number of nitrogens with one attached hydrogen (secondary N) is 1. The van der Waals surface area contributed by atoms with Gasteiger partial charge in [0.25, 0.3) is 0 Å². The largest absolute Gasteiger partial charge is 0.490 e. The molecule has 0 bridgehead atoms. The molecule has 4 nitrogen and oxygen atoms in total. The Balaban J connectivity index is 2.78. The van der Waals surface area contributed by atoms with Crippen molar-refractivity contribution in [2.24, 2.45) is 0 Å². The average molecular weight is 293 g/mol. The van der Waals surface area contributed by atoms with E-state index in [1.807, 2.05) is 19.1 Å².